The average Bonchev–Trinajstić information content (AvgIpc) is 2.95. The predicted octanol–water partition coefficient (Wildman–Crippen LogP) is 1.14. The minimum absolute atomic E-state index is 0.0622. The number of nitro benzene ring substituents is 1. The largest absolute Gasteiger partial charge is 0.456 e. The van der Waals surface area contributed by atoms with Crippen LogP contribution >= 0.6 is 0 Å². The number of amides is 3. The fourth-order valence-electron chi connectivity index (χ4n) is 3.32. The van der Waals surface area contributed by atoms with Gasteiger partial charge in [0.25, 0.3) is 23.4 Å². The number of nitrogens with zero attached hydrogens (tertiary/aromatic N) is 3. The molecule has 3 amide bonds. The van der Waals surface area contributed by atoms with Gasteiger partial charge in [-0.3, -0.25) is 34.2 Å². The molecule has 0 bridgehead atoms. The standard InChI is InChI=1S/C18H19N3O7/c22-14(19-8-2-1-3-9-19)11-28-15(23)7-10-20-17(24)12-5-4-6-13(21(26)27)16(12)18(20)25/h4-6H,1-3,7-11H2. The molecule has 0 saturated carbocycles. The number of nitro groups is 1. The topological polar surface area (TPSA) is 127 Å². The Bertz CT molecular complexity index is 846. The second kappa shape index (κ2) is 8.15. The van der Waals surface area contributed by atoms with Crippen molar-refractivity contribution in [3.63, 3.8) is 0 Å². The fourth-order valence-corrected chi connectivity index (χ4v) is 3.32. The third-order valence-corrected chi connectivity index (χ3v) is 4.78. The zero-order chi connectivity index (χ0) is 20.3. The second-order valence-electron chi connectivity index (χ2n) is 6.57. The van der Waals surface area contributed by atoms with Crippen molar-refractivity contribution < 1.29 is 28.8 Å². The summed E-state index contributed by atoms with van der Waals surface area (Å²) in [6.45, 7) is 0.626. The summed E-state index contributed by atoms with van der Waals surface area (Å²) in [6, 6.07) is 3.80. The van der Waals surface area contributed by atoms with Gasteiger partial charge in [-0.15, -0.1) is 0 Å². The number of hydrogen-bond donors (Lipinski definition) is 0. The summed E-state index contributed by atoms with van der Waals surface area (Å²) < 4.78 is 4.94. The molecule has 0 atom stereocenters. The number of benzene rings is 1. The third kappa shape index (κ3) is 3.85. The minimum Gasteiger partial charge on any atom is -0.456 e. The molecule has 2 heterocycles. The van der Waals surface area contributed by atoms with E-state index in [2.05, 4.69) is 0 Å². The molecule has 1 aromatic carbocycles. The number of fused-ring (bicyclic) bond motifs is 1. The monoisotopic (exact) mass is 389 g/mol. The zero-order valence-corrected chi connectivity index (χ0v) is 15.1. The third-order valence-electron chi connectivity index (χ3n) is 4.78. The van der Waals surface area contributed by atoms with Crippen LogP contribution in [0.15, 0.2) is 18.2 Å². The maximum absolute atomic E-state index is 12.4. The lowest BCUT2D eigenvalue weighted by atomic mass is 10.1. The molecule has 0 radical (unpaired) electrons. The fraction of sp³-hybridized carbons (Fsp3) is 0.444. The second-order valence-corrected chi connectivity index (χ2v) is 6.57. The van der Waals surface area contributed by atoms with Gasteiger partial charge in [0.1, 0.15) is 5.56 Å². The van der Waals surface area contributed by atoms with Crippen molar-refractivity contribution in [3.8, 4) is 0 Å². The van der Waals surface area contributed by atoms with Crippen molar-refractivity contribution in [2.24, 2.45) is 0 Å². The van der Waals surface area contributed by atoms with E-state index in [4.69, 9.17) is 4.74 Å². The lowest BCUT2D eigenvalue weighted by molar-refractivity contribution is -0.385. The summed E-state index contributed by atoms with van der Waals surface area (Å²) in [4.78, 5) is 61.4. The highest BCUT2D eigenvalue weighted by Gasteiger charge is 2.40. The van der Waals surface area contributed by atoms with E-state index >= 15 is 0 Å². The first kappa shape index (κ1) is 19.5. The Morgan fingerprint density at radius 1 is 1.11 bits per heavy atom. The molecule has 0 aromatic heterocycles. The summed E-state index contributed by atoms with van der Waals surface area (Å²) in [5.41, 5.74) is -0.785. The van der Waals surface area contributed by atoms with Gasteiger partial charge in [0.2, 0.25) is 0 Å². The van der Waals surface area contributed by atoms with Gasteiger partial charge in [-0.05, 0) is 25.3 Å². The zero-order valence-electron chi connectivity index (χ0n) is 15.1. The van der Waals surface area contributed by atoms with E-state index in [1.807, 2.05) is 0 Å². The van der Waals surface area contributed by atoms with Crippen LogP contribution in [0.5, 0.6) is 0 Å². The summed E-state index contributed by atoms with van der Waals surface area (Å²) in [7, 11) is 0. The number of piperidine rings is 1. The Morgan fingerprint density at radius 3 is 2.50 bits per heavy atom. The average molecular weight is 389 g/mol. The van der Waals surface area contributed by atoms with Crippen molar-refractivity contribution in [2.45, 2.75) is 25.7 Å². The van der Waals surface area contributed by atoms with Gasteiger partial charge in [-0.25, -0.2) is 0 Å². The number of ether oxygens (including phenoxy) is 1. The molecule has 0 unspecified atom stereocenters. The highest BCUT2D eigenvalue weighted by atomic mass is 16.6. The number of imide groups is 1. The Morgan fingerprint density at radius 2 is 1.82 bits per heavy atom. The van der Waals surface area contributed by atoms with Gasteiger partial charge in [-0.1, -0.05) is 6.07 Å². The highest BCUT2D eigenvalue weighted by molar-refractivity contribution is 6.23. The molecule has 10 heteroatoms. The van der Waals surface area contributed by atoms with Gasteiger partial charge in [0.15, 0.2) is 6.61 Å². The normalized spacial score (nSPS) is 16.1. The molecule has 1 aromatic rings. The van der Waals surface area contributed by atoms with Gasteiger partial charge in [-0.2, -0.15) is 0 Å². The van der Waals surface area contributed by atoms with Crippen LogP contribution in [0.25, 0.3) is 0 Å². The van der Waals surface area contributed by atoms with Crippen LogP contribution < -0.4 is 0 Å². The maximum atomic E-state index is 12.4. The van der Waals surface area contributed by atoms with Gasteiger partial charge in [0, 0.05) is 25.7 Å². The number of carbonyl (C=O) groups is 4. The lowest BCUT2D eigenvalue weighted by Crippen LogP contribution is -2.38. The van der Waals surface area contributed by atoms with Crippen LogP contribution in [0.4, 0.5) is 5.69 Å². The lowest BCUT2D eigenvalue weighted by Gasteiger charge is -2.26. The van der Waals surface area contributed by atoms with Gasteiger partial charge in [0.05, 0.1) is 16.9 Å². The van der Waals surface area contributed by atoms with Crippen LogP contribution in [0.3, 0.4) is 0 Å². The number of esters is 1. The van der Waals surface area contributed by atoms with E-state index in [-0.39, 0.29) is 36.6 Å². The van der Waals surface area contributed by atoms with E-state index in [1.165, 1.54) is 12.1 Å². The Balaban J connectivity index is 1.54. The highest BCUT2D eigenvalue weighted by Crippen LogP contribution is 2.30. The molecule has 3 rings (SSSR count). The van der Waals surface area contributed by atoms with Crippen molar-refractivity contribution in [1.29, 1.82) is 0 Å². The van der Waals surface area contributed by atoms with E-state index in [1.54, 1.807) is 4.90 Å². The quantitative estimate of drug-likeness (QED) is 0.309. The number of rotatable bonds is 6. The molecule has 0 aliphatic carbocycles. The first-order chi connectivity index (χ1) is 13.4. The van der Waals surface area contributed by atoms with Crippen LogP contribution in [-0.2, 0) is 14.3 Å². The van der Waals surface area contributed by atoms with Crippen LogP contribution in [-0.4, -0.2) is 64.7 Å². The van der Waals surface area contributed by atoms with E-state index in [0.29, 0.717) is 13.1 Å². The van der Waals surface area contributed by atoms with Gasteiger partial charge >= 0.3 is 5.97 Å². The first-order valence-corrected chi connectivity index (χ1v) is 8.97. The van der Waals surface area contributed by atoms with Crippen LogP contribution in [0.1, 0.15) is 46.4 Å². The molecule has 148 valence electrons. The number of likely N-dealkylation sites (tertiary alicyclic amines) is 1. The van der Waals surface area contributed by atoms with Crippen molar-refractivity contribution in [2.75, 3.05) is 26.2 Å². The number of hydrogen-bond acceptors (Lipinski definition) is 7. The Labute approximate surface area is 160 Å². The predicted molar refractivity (Wildman–Crippen MR) is 94.5 cm³/mol. The Kier molecular flexibility index (Phi) is 5.67. The summed E-state index contributed by atoms with van der Waals surface area (Å²) in [5.74, 6) is -2.51. The molecule has 10 nitrogen and oxygen atoms in total. The van der Waals surface area contributed by atoms with Crippen molar-refractivity contribution in [3.05, 3.63) is 39.4 Å². The molecule has 0 N–H and O–H groups in total. The molecule has 1 saturated heterocycles. The first-order valence-electron chi connectivity index (χ1n) is 8.97. The van der Waals surface area contributed by atoms with Crippen LogP contribution in [0.2, 0.25) is 0 Å². The van der Waals surface area contributed by atoms with Gasteiger partial charge < -0.3 is 9.64 Å². The molecular formula is C18H19N3O7. The molecule has 0 spiro atoms. The van der Waals surface area contributed by atoms with E-state index in [0.717, 1.165) is 30.2 Å². The molecule has 2 aliphatic rings. The summed E-state index contributed by atoms with van der Waals surface area (Å²) >= 11 is 0. The van der Waals surface area contributed by atoms with Crippen molar-refractivity contribution in [1.82, 2.24) is 9.80 Å². The molecule has 1 fully saturated rings. The number of carbonyl (C=O) groups excluding carboxylic acids is 4. The van der Waals surface area contributed by atoms with Crippen molar-refractivity contribution >= 4 is 29.4 Å². The SMILES string of the molecule is O=C(CCN1C(=O)c2cccc([N+](=O)[O-])c2C1=O)OCC(=O)N1CCCCC1. The van der Waals surface area contributed by atoms with E-state index in [9.17, 15) is 29.3 Å². The maximum Gasteiger partial charge on any atom is 0.308 e. The molecule has 2 aliphatic heterocycles. The van der Waals surface area contributed by atoms with E-state index < -0.39 is 28.4 Å². The molecular weight excluding hydrogens is 370 g/mol. The minimum atomic E-state index is -0.815. The summed E-state index contributed by atoms with van der Waals surface area (Å²) in [5, 5.41) is 11.1. The Hall–Kier alpha value is -3.30. The van der Waals surface area contributed by atoms with Crippen LogP contribution in [0, 0.1) is 10.1 Å². The smallest absolute Gasteiger partial charge is 0.308 e. The molecule has 28 heavy (non-hydrogen) atoms. The summed E-state index contributed by atoms with van der Waals surface area (Å²) in [6.07, 6.45) is 2.62.